The normalized spacial score (nSPS) is 11.9. The lowest BCUT2D eigenvalue weighted by Crippen LogP contribution is -2.27. The van der Waals surface area contributed by atoms with E-state index in [1.54, 1.807) is 0 Å². The van der Waals surface area contributed by atoms with Crippen molar-refractivity contribution in [1.29, 1.82) is 0 Å². The molecule has 0 bridgehead atoms. The minimum absolute atomic E-state index is 1.28. The van der Waals surface area contributed by atoms with Crippen molar-refractivity contribution in [2.24, 2.45) is 0 Å². The third-order valence-electron chi connectivity index (χ3n) is 2.08. The van der Waals surface area contributed by atoms with Gasteiger partial charge in [-0.05, 0) is 16.0 Å². The van der Waals surface area contributed by atoms with Crippen molar-refractivity contribution in [3.8, 4) is 0 Å². The molecule has 0 nitrogen and oxygen atoms in total. The van der Waals surface area contributed by atoms with E-state index in [2.05, 4.69) is 88.3 Å². The summed E-state index contributed by atoms with van der Waals surface area (Å²) in [7, 11) is 0. The van der Waals surface area contributed by atoms with Gasteiger partial charge in [0, 0.05) is 0 Å². The van der Waals surface area contributed by atoms with Gasteiger partial charge in [0.05, 0.1) is 0 Å². The van der Waals surface area contributed by atoms with Crippen molar-refractivity contribution in [2.75, 3.05) is 0 Å². The van der Waals surface area contributed by atoms with Crippen LogP contribution >= 0.6 is 45.9 Å². The smallest absolute Gasteiger partial charge is 0.0910 e. The van der Waals surface area contributed by atoms with Crippen LogP contribution in [0.15, 0.2) is 42.5 Å². The largest absolute Gasteiger partial charge is 0.297 e. The summed E-state index contributed by atoms with van der Waals surface area (Å²) in [4.78, 5) is 0. The van der Waals surface area contributed by atoms with Gasteiger partial charge in [-0.25, -0.2) is 0 Å². The highest BCUT2D eigenvalue weighted by atomic mass is 80.0. The van der Waals surface area contributed by atoms with Gasteiger partial charge < -0.3 is 0 Å². The van der Waals surface area contributed by atoms with Crippen LogP contribution < -0.4 is 5.19 Å². The SMILES string of the molecule is Br[Si](Br)(Br)c1ccc2ccccc2c1. The number of fused-ring (bicyclic) bond motifs is 1. The Hall–Kier alpha value is 0.357. The molecular formula is C10H7Br3Si. The van der Waals surface area contributed by atoms with E-state index in [0.717, 1.165) is 0 Å². The molecule has 0 aromatic heterocycles. The number of hydrogen-bond acceptors (Lipinski definition) is 0. The Bertz CT molecular complexity index is 462. The predicted octanol–water partition coefficient (Wildman–Crippen LogP) is 4.17. The first-order chi connectivity index (χ1) is 6.57. The average Bonchev–Trinajstić information content (AvgIpc) is 2.16. The van der Waals surface area contributed by atoms with Crippen LogP contribution in [-0.2, 0) is 0 Å². The third kappa shape index (κ3) is 2.29. The van der Waals surface area contributed by atoms with Gasteiger partial charge in [0.15, 0.2) is 0 Å². The predicted molar refractivity (Wildman–Crippen MR) is 76.1 cm³/mol. The lowest BCUT2D eigenvalue weighted by Gasteiger charge is -2.10. The molecule has 0 N–H and O–H groups in total. The standard InChI is InChI=1S/C10H7Br3Si/c11-14(12,13)10-6-5-8-3-1-2-4-9(8)7-10/h1-7H. The number of halogens is 3. The molecule has 2 aromatic carbocycles. The third-order valence-corrected chi connectivity index (χ3v) is 7.16. The molecule has 4 heteroatoms. The van der Waals surface area contributed by atoms with Crippen LogP contribution in [0.2, 0.25) is 0 Å². The highest BCUT2D eigenvalue weighted by Gasteiger charge is 2.24. The molecule has 0 heterocycles. The van der Waals surface area contributed by atoms with Crippen LogP contribution in [0.3, 0.4) is 0 Å². The molecule has 0 aliphatic rings. The molecule has 0 saturated carbocycles. The monoisotopic (exact) mass is 392 g/mol. The summed E-state index contributed by atoms with van der Waals surface area (Å²) in [6.45, 7) is 0. The zero-order valence-corrected chi connectivity index (χ0v) is 12.9. The summed E-state index contributed by atoms with van der Waals surface area (Å²) in [5.74, 6) is 0. The van der Waals surface area contributed by atoms with Gasteiger partial charge in [-0.1, -0.05) is 88.3 Å². The minimum atomic E-state index is -1.71. The van der Waals surface area contributed by atoms with Crippen LogP contribution in [-0.4, -0.2) is 3.93 Å². The first-order valence-corrected chi connectivity index (χ1v) is 12.9. The topological polar surface area (TPSA) is 0 Å². The van der Waals surface area contributed by atoms with Gasteiger partial charge in [-0.15, -0.1) is 0 Å². The Balaban J connectivity index is 2.63. The summed E-state index contributed by atoms with van der Waals surface area (Å²) in [5, 5.41) is 3.85. The lowest BCUT2D eigenvalue weighted by molar-refractivity contribution is 1.78. The zero-order chi connectivity index (χ0) is 10.2. The minimum Gasteiger partial charge on any atom is -0.0910 e. The van der Waals surface area contributed by atoms with Gasteiger partial charge in [0.25, 0.3) is 3.93 Å². The van der Waals surface area contributed by atoms with Crippen molar-refractivity contribution in [3.63, 3.8) is 0 Å². The van der Waals surface area contributed by atoms with E-state index >= 15 is 0 Å². The summed E-state index contributed by atoms with van der Waals surface area (Å²) < 4.78 is -1.71. The Labute approximate surface area is 107 Å². The van der Waals surface area contributed by atoms with E-state index in [1.807, 2.05) is 0 Å². The molecule has 2 rings (SSSR count). The van der Waals surface area contributed by atoms with E-state index < -0.39 is 3.93 Å². The first kappa shape index (κ1) is 10.9. The molecule has 0 aliphatic heterocycles. The van der Waals surface area contributed by atoms with Gasteiger partial charge >= 0.3 is 0 Å². The maximum atomic E-state index is 3.64. The fourth-order valence-electron chi connectivity index (χ4n) is 1.37. The number of hydrogen-bond donors (Lipinski definition) is 0. The molecule has 0 amide bonds. The second-order valence-electron chi connectivity index (χ2n) is 3.06. The molecule has 0 aliphatic carbocycles. The highest BCUT2D eigenvalue weighted by Crippen LogP contribution is 2.27. The van der Waals surface area contributed by atoms with Crippen molar-refractivity contribution in [3.05, 3.63) is 42.5 Å². The molecule has 0 fully saturated rings. The van der Waals surface area contributed by atoms with Crippen LogP contribution in [0.25, 0.3) is 10.8 Å². The average molecular weight is 395 g/mol. The number of rotatable bonds is 1. The quantitative estimate of drug-likeness (QED) is 0.503. The van der Waals surface area contributed by atoms with Crippen molar-refractivity contribution >= 4 is 65.8 Å². The van der Waals surface area contributed by atoms with Crippen LogP contribution in [0.1, 0.15) is 0 Å². The first-order valence-electron chi connectivity index (χ1n) is 4.13. The summed E-state index contributed by atoms with van der Waals surface area (Å²) >= 11 is 10.9. The molecule has 0 atom stereocenters. The van der Waals surface area contributed by atoms with Crippen LogP contribution in [0.4, 0.5) is 0 Å². The Kier molecular flexibility index (Phi) is 3.17. The second kappa shape index (κ2) is 4.08. The molecular weight excluding hydrogens is 388 g/mol. The van der Waals surface area contributed by atoms with Crippen molar-refractivity contribution in [1.82, 2.24) is 0 Å². The molecule has 0 spiro atoms. The Morgan fingerprint density at radius 2 is 1.43 bits per heavy atom. The van der Waals surface area contributed by atoms with E-state index in [9.17, 15) is 0 Å². The molecule has 2 aromatic rings. The van der Waals surface area contributed by atoms with Gasteiger partial charge in [0.2, 0.25) is 0 Å². The summed E-state index contributed by atoms with van der Waals surface area (Å²) in [5.41, 5.74) is 0. The summed E-state index contributed by atoms with van der Waals surface area (Å²) in [6.07, 6.45) is 0. The fraction of sp³-hybridized carbons (Fsp3) is 0. The maximum absolute atomic E-state index is 3.64. The molecule has 72 valence electrons. The lowest BCUT2D eigenvalue weighted by atomic mass is 10.1. The fourth-order valence-corrected chi connectivity index (χ4v) is 4.18. The van der Waals surface area contributed by atoms with Crippen molar-refractivity contribution in [2.45, 2.75) is 0 Å². The van der Waals surface area contributed by atoms with Crippen molar-refractivity contribution < 1.29 is 0 Å². The molecule has 0 saturated heterocycles. The van der Waals surface area contributed by atoms with Crippen LogP contribution in [0, 0.1) is 0 Å². The molecule has 14 heavy (non-hydrogen) atoms. The van der Waals surface area contributed by atoms with Gasteiger partial charge in [0.1, 0.15) is 0 Å². The maximum Gasteiger partial charge on any atom is 0.297 e. The Morgan fingerprint density at radius 3 is 2.07 bits per heavy atom. The molecule has 0 radical (unpaired) electrons. The highest BCUT2D eigenvalue weighted by molar-refractivity contribution is 9.72. The van der Waals surface area contributed by atoms with E-state index in [-0.39, 0.29) is 0 Å². The van der Waals surface area contributed by atoms with Gasteiger partial charge in [-0.2, -0.15) is 0 Å². The molecule has 0 unspecified atom stereocenters. The van der Waals surface area contributed by atoms with E-state index in [4.69, 9.17) is 0 Å². The van der Waals surface area contributed by atoms with Gasteiger partial charge in [-0.3, -0.25) is 0 Å². The Morgan fingerprint density at radius 1 is 0.786 bits per heavy atom. The summed E-state index contributed by atoms with van der Waals surface area (Å²) in [6, 6.07) is 14.9. The van der Waals surface area contributed by atoms with E-state index in [1.165, 1.54) is 16.0 Å². The van der Waals surface area contributed by atoms with E-state index in [0.29, 0.717) is 0 Å². The zero-order valence-electron chi connectivity index (χ0n) is 7.18. The van der Waals surface area contributed by atoms with Crippen LogP contribution in [0.5, 0.6) is 0 Å². The second-order valence-corrected chi connectivity index (χ2v) is 24.9. The number of benzene rings is 2.